The summed E-state index contributed by atoms with van der Waals surface area (Å²) >= 11 is 0. The Balaban J connectivity index is 1.37. The second-order valence-corrected chi connectivity index (χ2v) is 15.1. The van der Waals surface area contributed by atoms with Gasteiger partial charge < -0.3 is 48.8 Å². The number of para-hydroxylation sites is 1. The van der Waals surface area contributed by atoms with E-state index in [1.54, 1.807) is 30.5 Å². The van der Waals surface area contributed by atoms with E-state index in [0.717, 1.165) is 38.4 Å². The first-order valence-corrected chi connectivity index (χ1v) is 20.2. The fraction of sp³-hybridized carbons (Fsp3) is 0.333. The van der Waals surface area contributed by atoms with Crippen LogP contribution in [0.5, 0.6) is 0 Å². The molecule has 3 unspecified atom stereocenters. The molecule has 6 atom stereocenters. The maximum atomic E-state index is 14.3. The van der Waals surface area contributed by atoms with Crippen LogP contribution in [0.4, 0.5) is 0 Å². The minimum Gasteiger partial charge on any atom is -0.368 e. The second-order valence-electron chi connectivity index (χ2n) is 15.1. The third-order valence-electron chi connectivity index (χ3n) is 10.3. The summed E-state index contributed by atoms with van der Waals surface area (Å²) in [5.41, 5.74) is 20.2. The van der Waals surface area contributed by atoms with Gasteiger partial charge in [-0.25, -0.2) is 0 Å². The van der Waals surface area contributed by atoms with Crippen LogP contribution in [0.15, 0.2) is 103 Å². The Morgan fingerprint density at radius 2 is 1.15 bits per heavy atom. The number of nitrogens with one attached hydrogen (secondary N) is 6. The Morgan fingerprint density at radius 1 is 0.583 bits per heavy atom. The lowest BCUT2D eigenvalue weighted by molar-refractivity contribution is -0.134. The van der Waals surface area contributed by atoms with E-state index < -0.39 is 71.7 Å². The van der Waals surface area contributed by atoms with Gasteiger partial charge in [0, 0.05) is 36.4 Å². The Morgan fingerprint density at radius 3 is 1.83 bits per heavy atom. The van der Waals surface area contributed by atoms with E-state index in [2.05, 4.69) is 31.6 Å². The number of H-pyrrole nitrogens is 1. The van der Waals surface area contributed by atoms with Crippen molar-refractivity contribution in [1.29, 1.82) is 0 Å². The maximum Gasteiger partial charge on any atom is 0.243 e. The molecule has 0 fully saturated rings. The van der Waals surface area contributed by atoms with Crippen LogP contribution in [-0.2, 0) is 48.0 Å². The summed E-state index contributed by atoms with van der Waals surface area (Å²) < 4.78 is 0. The lowest BCUT2D eigenvalue weighted by Gasteiger charge is -2.26. The summed E-state index contributed by atoms with van der Waals surface area (Å²) in [4.78, 5) is 84.2. The Bertz CT molecular complexity index is 2280. The third-order valence-corrected chi connectivity index (χ3v) is 10.3. The van der Waals surface area contributed by atoms with E-state index in [-0.39, 0.29) is 25.7 Å². The fourth-order valence-electron chi connectivity index (χ4n) is 6.90. The van der Waals surface area contributed by atoms with Crippen LogP contribution in [0.1, 0.15) is 49.8 Å². The average Bonchev–Trinajstić information content (AvgIpc) is 3.65. The van der Waals surface area contributed by atoms with E-state index in [1.165, 1.54) is 13.8 Å². The number of rotatable bonds is 21. The SMILES string of the molecule is C[C@@H](N)C(=O)NC(Cc1ccc2ccccc2c1)C(=O)N[C@H](C)C(=O)N[C@@H](Cc1c[nH]c2ccccc12)C(=O)NC(Cc1ccccc1)C(=O)NC(CCCCN)C(N)=O. The highest BCUT2D eigenvalue weighted by Crippen LogP contribution is 2.20. The van der Waals surface area contributed by atoms with Crippen LogP contribution in [-0.4, -0.2) is 83.2 Å². The predicted molar refractivity (Wildman–Crippen MR) is 231 cm³/mol. The minimum absolute atomic E-state index is 0.0139. The van der Waals surface area contributed by atoms with Gasteiger partial charge in [-0.2, -0.15) is 0 Å². The van der Waals surface area contributed by atoms with Crippen molar-refractivity contribution in [1.82, 2.24) is 31.6 Å². The van der Waals surface area contributed by atoms with Gasteiger partial charge in [0.2, 0.25) is 35.4 Å². The van der Waals surface area contributed by atoms with Gasteiger partial charge in [-0.15, -0.1) is 0 Å². The van der Waals surface area contributed by atoms with Gasteiger partial charge in [-0.1, -0.05) is 91.0 Å². The monoisotopic (exact) mass is 817 g/mol. The number of hydrogen-bond donors (Lipinski definition) is 9. The van der Waals surface area contributed by atoms with Crippen molar-refractivity contribution in [2.45, 2.75) is 88.6 Å². The Kier molecular flexibility index (Phi) is 15.9. The minimum atomic E-state index is -1.23. The Labute approximate surface area is 349 Å². The molecule has 0 saturated heterocycles. The summed E-state index contributed by atoms with van der Waals surface area (Å²) in [7, 11) is 0. The van der Waals surface area contributed by atoms with Crippen molar-refractivity contribution in [3.63, 3.8) is 0 Å². The number of unbranched alkanes of at least 4 members (excludes halogenated alkanes) is 1. The number of aromatic amines is 1. The molecule has 0 radical (unpaired) electrons. The van der Waals surface area contributed by atoms with E-state index in [1.807, 2.05) is 72.8 Å². The third kappa shape index (κ3) is 12.5. The first-order chi connectivity index (χ1) is 28.8. The van der Waals surface area contributed by atoms with E-state index in [0.29, 0.717) is 19.4 Å². The van der Waals surface area contributed by atoms with Gasteiger partial charge in [-0.3, -0.25) is 28.8 Å². The Hall–Kier alpha value is -6.58. The molecule has 6 amide bonds. The molecule has 5 rings (SSSR count). The molecule has 0 saturated carbocycles. The standard InChI is InChI=1S/C45H55N9O6/c1-27(47)41(56)52-38(24-30-19-20-31-14-6-7-15-32(31)22-30)43(58)50-28(2)42(57)53-39(25-33-26-49-35-17-9-8-16-34(33)35)45(60)54-37(23-29-12-4-3-5-13-29)44(59)51-36(40(48)55)18-10-11-21-46/h3-9,12-17,19-20,22,26-28,36-39,49H,10-11,18,21,23-25,46-47H2,1-2H3,(H2,48,55)(H,50,58)(H,51,59)(H,52,56)(H,53,57)(H,54,60)/t27-,28-,36?,37?,38?,39+/m1/s1. The van der Waals surface area contributed by atoms with Crippen molar-refractivity contribution in [2.24, 2.45) is 17.2 Å². The second kappa shape index (κ2) is 21.4. The molecule has 4 aromatic carbocycles. The molecule has 15 nitrogen and oxygen atoms in total. The average molecular weight is 818 g/mol. The maximum absolute atomic E-state index is 14.3. The number of carbonyl (C=O) groups excluding carboxylic acids is 6. The highest BCUT2D eigenvalue weighted by molar-refractivity contribution is 5.97. The zero-order valence-electron chi connectivity index (χ0n) is 33.9. The molecular weight excluding hydrogens is 763 g/mol. The summed E-state index contributed by atoms with van der Waals surface area (Å²) in [5.74, 6) is -3.90. The predicted octanol–water partition coefficient (Wildman–Crippen LogP) is 1.75. The zero-order valence-corrected chi connectivity index (χ0v) is 33.9. The first kappa shape index (κ1) is 44.5. The van der Waals surface area contributed by atoms with Crippen LogP contribution in [0, 0.1) is 0 Å². The first-order valence-electron chi connectivity index (χ1n) is 20.2. The number of amides is 6. The zero-order chi connectivity index (χ0) is 43.2. The van der Waals surface area contributed by atoms with Gasteiger partial charge >= 0.3 is 0 Å². The van der Waals surface area contributed by atoms with E-state index in [9.17, 15) is 28.8 Å². The molecule has 12 N–H and O–H groups in total. The van der Waals surface area contributed by atoms with Crippen LogP contribution >= 0.6 is 0 Å². The van der Waals surface area contributed by atoms with Gasteiger partial charge in [0.1, 0.15) is 30.2 Å². The van der Waals surface area contributed by atoms with Crippen molar-refractivity contribution >= 4 is 57.1 Å². The van der Waals surface area contributed by atoms with Gasteiger partial charge in [0.15, 0.2) is 0 Å². The van der Waals surface area contributed by atoms with Gasteiger partial charge in [0.25, 0.3) is 0 Å². The molecule has 1 heterocycles. The molecule has 1 aromatic heterocycles. The summed E-state index contributed by atoms with van der Waals surface area (Å²) in [5, 5.41) is 16.5. The van der Waals surface area contributed by atoms with Crippen LogP contribution < -0.4 is 43.8 Å². The fourth-order valence-corrected chi connectivity index (χ4v) is 6.90. The highest BCUT2D eigenvalue weighted by atomic mass is 16.2. The number of hydrogen-bond acceptors (Lipinski definition) is 8. The number of primary amides is 1. The molecule has 0 spiro atoms. The van der Waals surface area contributed by atoms with E-state index in [4.69, 9.17) is 17.2 Å². The van der Waals surface area contributed by atoms with Crippen LogP contribution in [0.3, 0.4) is 0 Å². The van der Waals surface area contributed by atoms with Gasteiger partial charge in [0.05, 0.1) is 6.04 Å². The van der Waals surface area contributed by atoms with Crippen molar-refractivity contribution in [2.75, 3.05) is 6.54 Å². The number of aromatic nitrogens is 1. The molecule has 60 heavy (non-hydrogen) atoms. The van der Waals surface area contributed by atoms with E-state index >= 15 is 0 Å². The quantitative estimate of drug-likeness (QED) is 0.0492. The molecule has 0 bridgehead atoms. The van der Waals surface area contributed by atoms with Crippen molar-refractivity contribution < 1.29 is 28.8 Å². The van der Waals surface area contributed by atoms with Crippen LogP contribution in [0.2, 0.25) is 0 Å². The number of carbonyl (C=O) groups is 6. The molecule has 316 valence electrons. The molecule has 15 heteroatoms. The summed E-state index contributed by atoms with van der Waals surface area (Å²) in [6.07, 6.45) is 3.39. The smallest absolute Gasteiger partial charge is 0.243 e. The largest absolute Gasteiger partial charge is 0.368 e. The number of benzene rings is 4. The highest BCUT2D eigenvalue weighted by Gasteiger charge is 2.32. The van der Waals surface area contributed by atoms with Crippen molar-refractivity contribution in [3.05, 3.63) is 120 Å². The summed E-state index contributed by atoms with van der Waals surface area (Å²) in [6.45, 7) is 3.38. The topological polar surface area (TPSA) is 256 Å². The lowest BCUT2D eigenvalue weighted by Crippen LogP contribution is -2.59. The number of fused-ring (bicyclic) bond motifs is 2. The van der Waals surface area contributed by atoms with Crippen molar-refractivity contribution in [3.8, 4) is 0 Å². The van der Waals surface area contributed by atoms with Crippen LogP contribution in [0.25, 0.3) is 21.7 Å². The molecule has 0 aliphatic carbocycles. The number of nitrogens with two attached hydrogens (primary N) is 3. The molecule has 0 aliphatic rings. The normalized spacial score (nSPS) is 14.2. The molecule has 0 aliphatic heterocycles. The molecular formula is C45H55N9O6. The summed E-state index contributed by atoms with van der Waals surface area (Å²) in [6, 6.07) is 23.4. The van der Waals surface area contributed by atoms with Gasteiger partial charge in [-0.05, 0) is 73.2 Å². The molecule has 5 aromatic rings. The lowest BCUT2D eigenvalue weighted by atomic mass is 10.0.